The Kier molecular flexibility index (Phi) is 4.69. The topological polar surface area (TPSA) is 17.1 Å². The van der Waals surface area contributed by atoms with E-state index in [1.165, 1.54) is 0 Å². The first-order valence-corrected chi connectivity index (χ1v) is 7.28. The summed E-state index contributed by atoms with van der Waals surface area (Å²) in [7, 11) is 0. The number of halogens is 3. The summed E-state index contributed by atoms with van der Waals surface area (Å²) in [4.78, 5) is 12.3. The predicted octanol–water partition coefficient (Wildman–Crippen LogP) is 4.81. The molecule has 0 saturated heterocycles. The number of Topliss-reactive ketones (excluding diaryl/α,β-unsaturated/α-hetero) is 1. The molecule has 0 radical (unpaired) electrons. The van der Waals surface area contributed by atoms with Crippen molar-refractivity contribution in [3.63, 3.8) is 0 Å². The quantitative estimate of drug-likeness (QED) is 0.706. The number of hydrogen-bond donors (Lipinski definition) is 0. The molecule has 1 nitrogen and oxygen atoms in total. The highest BCUT2D eigenvalue weighted by atomic mass is 19.4. The van der Waals surface area contributed by atoms with Gasteiger partial charge in [0.05, 0.1) is 5.92 Å². The fourth-order valence-electron chi connectivity index (χ4n) is 3.23. The van der Waals surface area contributed by atoms with Crippen LogP contribution in [0, 0.1) is 11.8 Å². The molecule has 0 N–H and O–H groups in total. The molecule has 0 amide bonds. The van der Waals surface area contributed by atoms with Crippen LogP contribution in [0.25, 0.3) is 0 Å². The van der Waals surface area contributed by atoms with E-state index in [4.69, 9.17) is 0 Å². The lowest BCUT2D eigenvalue weighted by Crippen LogP contribution is -2.32. The van der Waals surface area contributed by atoms with Gasteiger partial charge in [-0.05, 0) is 50.5 Å². The van der Waals surface area contributed by atoms with E-state index < -0.39 is 18.0 Å². The molecule has 2 aliphatic rings. The van der Waals surface area contributed by atoms with Gasteiger partial charge in [0.25, 0.3) is 0 Å². The minimum atomic E-state index is -4.14. The number of hydrogen-bond acceptors (Lipinski definition) is 1. The number of ketones is 1. The molecule has 1 fully saturated rings. The molecular formula is C15H21F3O. The smallest absolute Gasteiger partial charge is 0.294 e. The minimum absolute atomic E-state index is 0.000324. The Morgan fingerprint density at radius 3 is 2.63 bits per heavy atom. The lowest BCUT2D eigenvalue weighted by Gasteiger charge is -2.30. The van der Waals surface area contributed by atoms with E-state index in [1.54, 1.807) is 0 Å². The Morgan fingerprint density at radius 2 is 1.89 bits per heavy atom. The van der Waals surface area contributed by atoms with Crippen LogP contribution in [0.3, 0.4) is 0 Å². The van der Waals surface area contributed by atoms with Crippen molar-refractivity contribution in [2.24, 2.45) is 11.8 Å². The van der Waals surface area contributed by atoms with Crippen LogP contribution in [-0.4, -0.2) is 12.0 Å². The van der Waals surface area contributed by atoms with Crippen molar-refractivity contribution >= 4 is 5.78 Å². The molecule has 108 valence electrons. The van der Waals surface area contributed by atoms with Crippen molar-refractivity contribution in [2.45, 2.75) is 64.0 Å². The molecule has 0 aromatic carbocycles. The summed E-state index contributed by atoms with van der Waals surface area (Å²) in [6.07, 6.45) is 4.01. The zero-order valence-corrected chi connectivity index (χ0v) is 11.1. The first-order valence-electron chi connectivity index (χ1n) is 7.28. The number of carbonyl (C=O) groups excluding carboxylic acids is 1. The molecule has 0 aliphatic heterocycles. The molecule has 0 spiro atoms. The predicted molar refractivity (Wildman–Crippen MR) is 67.7 cm³/mol. The highest BCUT2D eigenvalue weighted by molar-refractivity contribution is 5.97. The summed E-state index contributed by atoms with van der Waals surface area (Å²) in [5.74, 6) is -1.68. The van der Waals surface area contributed by atoms with Gasteiger partial charge in [-0.1, -0.05) is 18.9 Å². The van der Waals surface area contributed by atoms with Crippen molar-refractivity contribution in [2.75, 3.05) is 0 Å². The standard InChI is InChI=1S/C15H21F3O/c16-15(17,18)13-9-5-8-12(10-13)14(19)11-6-3-1-2-4-7-11/h6,12-13H,1-5,7-10H2. The second-order valence-corrected chi connectivity index (χ2v) is 5.80. The molecule has 0 bridgehead atoms. The molecule has 2 unspecified atom stereocenters. The molecule has 2 atom stereocenters. The lowest BCUT2D eigenvalue weighted by molar-refractivity contribution is -0.185. The molecular weight excluding hydrogens is 253 g/mol. The van der Waals surface area contributed by atoms with Crippen LogP contribution in [0.2, 0.25) is 0 Å². The van der Waals surface area contributed by atoms with E-state index in [0.717, 1.165) is 37.7 Å². The monoisotopic (exact) mass is 274 g/mol. The Labute approximate surface area is 112 Å². The second-order valence-electron chi connectivity index (χ2n) is 5.80. The zero-order chi connectivity index (χ0) is 13.9. The molecule has 1 saturated carbocycles. The van der Waals surface area contributed by atoms with E-state index >= 15 is 0 Å². The van der Waals surface area contributed by atoms with Crippen molar-refractivity contribution in [3.05, 3.63) is 11.6 Å². The van der Waals surface area contributed by atoms with E-state index in [2.05, 4.69) is 0 Å². The molecule has 0 aromatic rings. The number of rotatable bonds is 2. The number of alkyl halides is 3. The SMILES string of the molecule is O=C(C1=CCCCCC1)C1CCCC(C(F)(F)F)C1. The van der Waals surface area contributed by atoms with Gasteiger partial charge in [-0.15, -0.1) is 0 Å². The first-order chi connectivity index (χ1) is 8.98. The van der Waals surface area contributed by atoms with Crippen LogP contribution in [0.1, 0.15) is 57.8 Å². The molecule has 2 rings (SSSR count). The summed E-state index contributed by atoms with van der Waals surface area (Å²) in [5, 5.41) is 0. The highest BCUT2D eigenvalue weighted by Crippen LogP contribution is 2.41. The van der Waals surface area contributed by atoms with Crippen molar-refractivity contribution < 1.29 is 18.0 Å². The molecule has 0 aromatic heterocycles. The summed E-state index contributed by atoms with van der Waals surface area (Å²) >= 11 is 0. The van der Waals surface area contributed by atoms with E-state index in [0.29, 0.717) is 12.8 Å². The Bertz CT molecular complexity index is 357. The molecule has 0 heterocycles. The third kappa shape index (κ3) is 3.83. The van der Waals surface area contributed by atoms with Crippen LogP contribution in [0.5, 0.6) is 0 Å². The third-order valence-corrected chi connectivity index (χ3v) is 4.37. The van der Waals surface area contributed by atoms with Gasteiger partial charge >= 0.3 is 6.18 Å². The summed E-state index contributed by atoms with van der Waals surface area (Å²) in [6, 6.07) is 0. The Hall–Kier alpha value is -0.800. The van der Waals surface area contributed by atoms with Gasteiger partial charge in [0.15, 0.2) is 5.78 Å². The Morgan fingerprint density at radius 1 is 1.11 bits per heavy atom. The maximum Gasteiger partial charge on any atom is 0.391 e. The normalized spacial score (nSPS) is 29.5. The van der Waals surface area contributed by atoms with Crippen molar-refractivity contribution in [1.29, 1.82) is 0 Å². The van der Waals surface area contributed by atoms with Gasteiger partial charge in [0, 0.05) is 5.92 Å². The van der Waals surface area contributed by atoms with E-state index in [-0.39, 0.29) is 18.6 Å². The van der Waals surface area contributed by atoms with Crippen molar-refractivity contribution in [3.8, 4) is 0 Å². The van der Waals surface area contributed by atoms with E-state index in [9.17, 15) is 18.0 Å². The fraction of sp³-hybridized carbons (Fsp3) is 0.800. The largest absolute Gasteiger partial charge is 0.391 e. The highest BCUT2D eigenvalue weighted by Gasteiger charge is 2.43. The van der Waals surface area contributed by atoms with Crippen LogP contribution in [0.15, 0.2) is 11.6 Å². The third-order valence-electron chi connectivity index (χ3n) is 4.37. The van der Waals surface area contributed by atoms with Crippen LogP contribution < -0.4 is 0 Å². The summed E-state index contributed by atoms with van der Waals surface area (Å²) in [6.45, 7) is 0. The van der Waals surface area contributed by atoms with Crippen LogP contribution in [-0.2, 0) is 4.79 Å². The fourth-order valence-corrected chi connectivity index (χ4v) is 3.23. The first kappa shape index (κ1) is 14.6. The minimum Gasteiger partial charge on any atom is -0.294 e. The average Bonchev–Trinajstić information content (AvgIpc) is 2.66. The van der Waals surface area contributed by atoms with Gasteiger partial charge < -0.3 is 0 Å². The second kappa shape index (κ2) is 6.10. The summed E-state index contributed by atoms with van der Waals surface area (Å²) < 4.78 is 38.3. The van der Waals surface area contributed by atoms with Crippen LogP contribution >= 0.6 is 0 Å². The molecule has 19 heavy (non-hydrogen) atoms. The average molecular weight is 274 g/mol. The van der Waals surface area contributed by atoms with Gasteiger partial charge in [-0.25, -0.2) is 0 Å². The summed E-state index contributed by atoms with van der Waals surface area (Å²) in [5.41, 5.74) is 0.797. The number of carbonyl (C=O) groups is 1. The Balaban J connectivity index is 2.00. The van der Waals surface area contributed by atoms with Gasteiger partial charge in [-0.3, -0.25) is 4.79 Å². The lowest BCUT2D eigenvalue weighted by atomic mass is 9.77. The van der Waals surface area contributed by atoms with Gasteiger partial charge in [0.1, 0.15) is 0 Å². The maximum atomic E-state index is 12.8. The van der Waals surface area contributed by atoms with E-state index in [1.807, 2.05) is 6.08 Å². The molecule has 4 heteroatoms. The number of allylic oxidation sites excluding steroid dienone is 2. The van der Waals surface area contributed by atoms with Gasteiger partial charge in [0.2, 0.25) is 0 Å². The van der Waals surface area contributed by atoms with Crippen LogP contribution in [0.4, 0.5) is 13.2 Å². The van der Waals surface area contributed by atoms with Crippen molar-refractivity contribution in [1.82, 2.24) is 0 Å². The zero-order valence-electron chi connectivity index (χ0n) is 11.1. The van der Waals surface area contributed by atoms with Gasteiger partial charge in [-0.2, -0.15) is 13.2 Å². The maximum absolute atomic E-state index is 12.8. The molecule has 2 aliphatic carbocycles.